The van der Waals surface area contributed by atoms with Crippen LogP contribution >= 0.6 is 0 Å². The number of hydrogen-bond acceptors (Lipinski definition) is 4. The smallest absolute Gasteiger partial charge is 0.274 e. The van der Waals surface area contributed by atoms with Crippen LogP contribution in [0, 0.1) is 0 Å². The van der Waals surface area contributed by atoms with Crippen molar-refractivity contribution in [3.05, 3.63) is 29.8 Å². The molecule has 1 saturated heterocycles. The lowest BCUT2D eigenvalue weighted by Crippen LogP contribution is -2.50. The molecular formula is C15H24N4O3S. The Morgan fingerprint density at radius 3 is 2.52 bits per heavy atom. The lowest BCUT2D eigenvalue weighted by Gasteiger charge is -2.35. The SMILES string of the molecule is CN(C)c1ccc(C(=O)N2CCCCC2CNS(N)(=O)=O)cc1. The molecule has 1 aliphatic heterocycles. The van der Waals surface area contributed by atoms with Gasteiger partial charge in [0.2, 0.25) is 0 Å². The highest BCUT2D eigenvalue weighted by molar-refractivity contribution is 7.87. The topological polar surface area (TPSA) is 95.7 Å². The van der Waals surface area contributed by atoms with Gasteiger partial charge in [-0.2, -0.15) is 8.42 Å². The number of nitrogens with one attached hydrogen (secondary N) is 1. The number of nitrogens with zero attached hydrogens (tertiary/aromatic N) is 2. The van der Waals surface area contributed by atoms with Crippen LogP contribution in [-0.4, -0.2) is 52.5 Å². The first-order chi connectivity index (χ1) is 10.8. The third-order valence-corrected chi connectivity index (χ3v) is 4.61. The summed E-state index contributed by atoms with van der Waals surface area (Å²) in [6, 6.07) is 7.24. The Labute approximate surface area is 137 Å². The van der Waals surface area contributed by atoms with E-state index in [-0.39, 0.29) is 18.5 Å². The number of amides is 1. The maximum atomic E-state index is 12.7. The molecule has 0 aromatic heterocycles. The second kappa shape index (κ2) is 7.29. The van der Waals surface area contributed by atoms with E-state index in [0.717, 1.165) is 24.9 Å². The third-order valence-electron chi connectivity index (χ3n) is 4.04. The van der Waals surface area contributed by atoms with E-state index in [2.05, 4.69) is 4.72 Å². The monoisotopic (exact) mass is 340 g/mol. The minimum absolute atomic E-state index is 0.0729. The van der Waals surface area contributed by atoms with Crippen molar-refractivity contribution in [2.75, 3.05) is 32.1 Å². The van der Waals surface area contributed by atoms with Crippen LogP contribution < -0.4 is 14.8 Å². The molecule has 1 amide bonds. The van der Waals surface area contributed by atoms with Gasteiger partial charge < -0.3 is 9.80 Å². The van der Waals surface area contributed by atoms with Gasteiger partial charge in [-0.05, 0) is 43.5 Å². The number of benzene rings is 1. The lowest BCUT2D eigenvalue weighted by molar-refractivity contribution is 0.0618. The molecule has 0 bridgehead atoms. The second-order valence-electron chi connectivity index (χ2n) is 5.98. The van der Waals surface area contributed by atoms with Crippen LogP contribution in [0.4, 0.5) is 5.69 Å². The van der Waals surface area contributed by atoms with E-state index in [9.17, 15) is 13.2 Å². The van der Waals surface area contributed by atoms with E-state index >= 15 is 0 Å². The molecule has 1 aliphatic rings. The first-order valence-corrected chi connectivity index (χ1v) is 9.18. The number of carbonyl (C=O) groups excluding carboxylic acids is 1. The predicted octanol–water partition coefficient (Wildman–Crippen LogP) is 0.540. The van der Waals surface area contributed by atoms with Gasteiger partial charge in [0.15, 0.2) is 0 Å². The van der Waals surface area contributed by atoms with Crippen molar-refractivity contribution in [1.82, 2.24) is 9.62 Å². The van der Waals surface area contributed by atoms with Crippen molar-refractivity contribution in [2.45, 2.75) is 25.3 Å². The van der Waals surface area contributed by atoms with Crippen LogP contribution in [-0.2, 0) is 10.2 Å². The highest BCUT2D eigenvalue weighted by Crippen LogP contribution is 2.21. The van der Waals surface area contributed by atoms with Crippen molar-refractivity contribution in [3.8, 4) is 0 Å². The summed E-state index contributed by atoms with van der Waals surface area (Å²) in [4.78, 5) is 16.4. The summed E-state index contributed by atoms with van der Waals surface area (Å²) in [6.45, 7) is 0.783. The van der Waals surface area contributed by atoms with Crippen LogP contribution in [0.3, 0.4) is 0 Å². The minimum Gasteiger partial charge on any atom is -0.378 e. The number of hydrogen-bond donors (Lipinski definition) is 2. The molecule has 23 heavy (non-hydrogen) atoms. The summed E-state index contributed by atoms with van der Waals surface area (Å²) in [5, 5.41) is 4.98. The Balaban J connectivity index is 2.11. The first kappa shape index (κ1) is 17.7. The van der Waals surface area contributed by atoms with Gasteiger partial charge in [0, 0.05) is 44.5 Å². The fourth-order valence-corrected chi connectivity index (χ4v) is 3.19. The Kier molecular flexibility index (Phi) is 5.61. The number of carbonyl (C=O) groups is 1. The summed E-state index contributed by atoms with van der Waals surface area (Å²) in [7, 11) is 0.136. The molecule has 3 N–H and O–H groups in total. The van der Waals surface area contributed by atoms with E-state index in [1.54, 1.807) is 17.0 Å². The molecule has 1 heterocycles. The van der Waals surface area contributed by atoms with E-state index in [1.807, 2.05) is 31.1 Å². The van der Waals surface area contributed by atoms with E-state index < -0.39 is 10.2 Å². The van der Waals surface area contributed by atoms with Crippen LogP contribution in [0.1, 0.15) is 29.6 Å². The van der Waals surface area contributed by atoms with Crippen molar-refractivity contribution in [3.63, 3.8) is 0 Å². The largest absolute Gasteiger partial charge is 0.378 e. The molecule has 1 aromatic rings. The molecule has 1 aromatic carbocycles. The van der Waals surface area contributed by atoms with Crippen molar-refractivity contribution in [2.24, 2.45) is 5.14 Å². The van der Waals surface area contributed by atoms with E-state index in [0.29, 0.717) is 12.1 Å². The molecule has 2 rings (SSSR count). The number of rotatable bonds is 5. The Hall–Kier alpha value is -1.64. The number of anilines is 1. The van der Waals surface area contributed by atoms with E-state index in [1.165, 1.54) is 0 Å². The maximum absolute atomic E-state index is 12.7. The Bertz CT molecular complexity index is 643. The number of piperidine rings is 1. The molecule has 128 valence electrons. The standard InChI is InChI=1S/C15H24N4O3S/c1-18(2)13-8-6-12(7-9-13)15(20)19-10-4-3-5-14(19)11-17-23(16,21)22/h6-9,14,17H,3-5,10-11H2,1-2H3,(H2,16,21,22). The zero-order chi connectivity index (χ0) is 17.0. The summed E-state index contributed by atoms with van der Waals surface area (Å²) < 4.78 is 24.5. The lowest BCUT2D eigenvalue weighted by atomic mass is 10.0. The van der Waals surface area contributed by atoms with Crippen LogP contribution in [0.5, 0.6) is 0 Å². The average molecular weight is 340 g/mol. The summed E-state index contributed by atoms with van der Waals surface area (Å²) in [5.74, 6) is -0.0729. The van der Waals surface area contributed by atoms with Gasteiger partial charge in [-0.1, -0.05) is 0 Å². The van der Waals surface area contributed by atoms with Gasteiger partial charge in [-0.15, -0.1) is 0 Å². The molecule has 0 aliphatic carbocycles. The van der Waals surface area contributed by atoms with Crippen LogP contribution in [0.2, 0.25) is 0 Å². The Morgan fingerprint density at radius 1 is 1.30 bits per heavy atom. The molecule has 0 saturated carbocycles. The first-order valence-electron chi connectivity index (χ1n) is 7.63. The fraction of sp³-hybridized carbons (Fsp3) is 0.533. The van der Waals surface area contributed by atoms with Crippen molar-refractivity contribution < 1.29 is 13.2 Å². The molecular weight excluding hydrogens is 316 g/mol. The van der Waals surface area contributed by atoms with Crippen molar-refractivity contribution >= 4 is 21.8 Å². The van der Waals surface area contributed by atoms with Gasteiger partial charge in [0.25, 0.3) is 16.1 Å². The van der Waals surface area contributed by atoms with Crippen LogP contribution in [0.15, 0.2) is 24.3 Å². The quantitative estimate of drug-likeness (QED) is 0.818. The molecule has 0 spiro atoms. The Morgan fingerprint density at radius 2 is 1.96 bits per heavy atom. The van der Waals surface area contributed by atoms with Crippen LogP contribution in [0.25, 0.3) is 0 Å². The van der Waals surface area contributed by atoms with Gasteiger partial charge in [-0.3, -0.25) is 4.79 Å². The molecule has 8 heteroatoms. The van der Waals surface area contributed by atoms with Gasteiger partial charge >= 0.3 is 0 Å². The predicted molar refractivity (Wildman–Crippen MR) is 90.6 cm³/mol. The number of nitrogens with two attached hydrogens (primary N) is 1. The summed E-state index contributed by atoms with van der Waals surface area (Å²) in [6.07, 6.45) is 2.66. The molecule has 0 radical (unpaired) electrons. The average Bonchev–Trinajstić information content (AvgIpc) is 2.52. The summed E-state index contributed by atoms with van der Waals surface area (Å²) in [5.41, 5.74) is 1.63. The fourth-order valence-electron chi connectivity index (χ4n) is 2.76. The molecule has 1 atom stereocenters. The second-order valence-corrected chi connectivity index (χ2v) is 7.36. The van der Waals surface area contributed by atoms with Crippen molar-refractivity contribution in [1.29, 1.82) is 0 Å². The zero-order valence-electron chi connectivity index (χ0n) is 13.5. The normalized spacial score (nSPS) is 18.7. The minimum atomic E-state index is -3.75. The van der Waals surface area contributed by atoms with Gasteiger partial charge in [-0.25, -0.2) is 9.86 Å². The highest BCUT2D eigenvalue weighted by Gasteiger charge is 2.28. The maximum Gasteiger partial charge on any atom is 0.274 e. The number of likely N-dealkylation sites (tertiary alicyclic amines) is 1. The highest BCUT2D eigenvalue weighted by atomic mass is 32.2. The third kappa shape index (κ3) is 4.92. The zero-order valence-corrected chi connectivity index (χ0v) is 14.3. The molecule has 1 fully saturated rings. The molecule has 1 unspecified atom stereocenters. The summed E-state index contributed by atoms with van der Waals surface area (Å²) >= 11 is 0. The van der Waals surface area contributed by atoms with E-state index in [4.69, 9.17) is 5.14 Å². The van der Waals surface area contributed by atoms with Gasteiger partial charge in [0.05, 0.1) is 0 Å². The van der Waals surface area contributed by atoms with Gasteiger partial charge in [0.1, 0.15) is 0 Å². The molecule has 7 nitrogen and oxygen atoms in total.